The van der Waals surface area contributed by atoms with Gasteiger partial charge in [-0.15, -0.1) is 0 Å². The van der Waals surface area contributed by atoms with E-state index in [1.54, 1.807) is 24.3 Å². The van der Waals surface area contributed by atoms with Gasteiger partial charge in [0.05, 0.1) is 24.9 Å². The molecule has 0 aliphatic heterocycles. The zero-order chi connectivity index (χ0) is 20.8. The fraction of sp³-hybridized carbons (Fsp3) is 0.227. The van der Waals surface area contributed by atoms with Crippen molar-refractivity contribution in [3.8, 4) is 0 Å². The Morgan fingerprint density at radius 1 is 1.07 bits per heavy atom. The maximum atomic E-state index is 12.5. The van der Waals surface area contributed by atoms with Crippen LogP contribution in [0.15, 0.2) is 54.7 Å². The summed E-state index contributed by atoms with van der Waals surface area (Å²) in [7, 11) is 1.28. The molecule has 0 aliphatic carbocycles. The predicted molar refractivity (Wildman–Crippen MR) is 111 cm³/mol. The van der Waals surface area contributed by atoms with Crippen molar-refractivity contribution in [1.82, 2.24) is 9.88 Å². The first kappa shape index (κ1) is 20.1. The number of nitrogens with zero attached hydrogens (tertiary/aromatic N) is 1. The van der Waals surface area contributed by atoms with Gasteiger partial charge in [-0.05, 0) is 30.2 Å². The number of rotatable bonds is 7. The fourth-order valence-electron chi connectivity index (χ4n) is 3.18. The monoisotopic (exact) mass is 393 g/mol. The Kier molecular flexibility index (Phi) is 6.29. The first-order valence-corrected chi connectivity index (χ1v) is 9.27. The van der Waals surface area contributed by atoms with Crippen LogP contribution in [-0.4, -0.2) is 47.9 Å². The van der Waals surface area contributed by atoms with Crippen LogP contribution >= 0.6 is 0 Å². The summed E-state index contributed by atoms with van der Waals surface area (Å²) < 4.78 is 4.74. The molecule has 0 unspecified atom stereocenters. The number of carbonyl (C=O) groups is 3. The first-order valence-electron chi connectivity index (χ1n) is 9.27. The topological polar surface area (TPSA) is 91.5 Å². The zero-order valence-electron chi connectivity index (χ0n) is 16.4. The largest absolute Gasteiger partial charge is 0.465 e. The summed E-state index contributed by atoms with van der Waals surface area (Å²) in [4.78, 5) is 41.1. The molecule has 7 nitrogen and oxygen atoms in total. The van der Waals surface area contributed by atoms with E-state index in [1.165, 1.54) is 18.9 Å². The second-order valence-electron chi connectivity index (χ2n) is 6.64. The van der Waals surface area contributed by atoms with Crippen molar-refractivity contribution in [1.29, 1.82) is 0 Å². The normalized spacial score (nSPS) is 10.6. The number of fused-ring (bicyclic) bond motifs is 1. The Labute approximate surface area is 168 Å². The van der Waals surface area contributed by atoms with E-state index < -0.39 is 5.97 Å². The molecule has 0 atom stereocenters. The number of esters is 1. The van der Waals surface area contributed by atoms with Gasteiger partial charge in [-0.2, -0.15) is 0 Å². The molecule has 7 heteroatoms. The van der Waals surface area contributed by atoms with Crippen molar-refractivity contribution in [2.45, 2.75) is 13.3 Å². The molecule has 2 N–H and O–H groups in total. The van der Waals surface area contributed by atoms with Crippen molar-refractivity contribution >= 4 is 34.4 Å². The number of benzene rings is 2. The minimum atomic E-state index is -0.538. The van der Waals surface area contributed by atoms with E-state index in [2.05, 4.69) is 10.3 Å². The van der Waals surface area contributed by atoms with Gasteiger partial charge in [-0.1, -0.05) is 30.3 Å². The number of amides is 2. The molecule has 0 saturated heterocycles. The van der Waals surface area contributed by atoms with Crippen molar-refractivity contribution < 1.29 is 19.1 Å². The van der Waals surface area contributed by atoms with E-state index in [0.29, 0.717) is 18.7 Å². The maximum absolute atomic E-state index is 12.5. The van der Waals surface area contributed by atoms with Gasteiger partial charge in [0.2, 0.25) is 11.8 Å². The van der Waals surface area contributed by atoms with E-state index in [1.807, 2.05) is 30.5 Å². The Hall–Kier alpha value is -3.61. The Morgan fingerprint density at radius 3 is 2.55 bits per heavy atom. The van der Waals surface area contributed by atoms with Crippen LogP contribution in [0, 0.1) is 0 Å². The molecule has 0 fully saturated rings. The van der Waals surface area contributed by atoms with E-state index in [9.17, 15) is 14.4 Å². The Morgan fingerprint density at radius 2 is 1.79 bits per heavy atom. The van der Waals surface area contributed by atoms with Gasteiger partial charge in [-0.3, -0.25) is 9.59 Å². The number of aromatic amines is 1. The van der Waals surface area contributed by atoms with Gasteiger partial charge in [0.25, 0.3) is 0 Å². The van der Waals surface area contributed by atoms with Crippen LogP contribution in [0.2, 0.25) is 0 Å². The lowest BCUT2D eigenvalue weighted by atomic mass is 10.1. The van der Waals surface area contributed by atoms with Crippen molar-refractivity contribution in [2.75, 3.05) is 25.5 Å². The van der Waals surface area contributed by atoms with E-state index >= 15 is 0 Å². The molecule has 0 radical (unpaired) electrons. The maximum Gasteiger partial charge on any atom is 0.339 e. The number of aromatic nitrogens is 1. The van der Waals surface area contributed by atoms with Gasteiger partial charge in [0.1, 0.15) is 0 Å². The number of para-hydroxylation sites is 2. The molecule has 3 rings (SSSR count). The number of carbonyl (C=O) groups excluding carboxylic acids is 3. The van der Waals surface area contributed by atoms with Gasteiger partial charge in [0, 0.05) is 30.6 Å². The third kappa shape index (κ3) is 4.82. The number of nitrogens with one attached hydrogen (secondary N) is 2. The fourth-order valence-corrected chi connectivity index (χ4v) is 3.18. The number of ether oxygens (including phenoxy) is 1. The summed E-state index contributed by atoms with van der Waals surface area (Å²) in [6.07, 6.45) is 2.55. The smallest absolute Gasteiger partial charge is 0.339 e. The third-order valence-electron chi connectivity index (χ3n) is 4.71. The molecule has 0 bridgehead atoms. The van der Waals surface area contributed by atoms with Crippen LogP contribution in [0.4, 0.5) is 5.69 Å². The number of H-pyrrole nitrogens is 1. The van der Waals surface area contributed by atoms with Crippen molar-refractivity contribution in [3.63, 3.8) is 0 Å². The number of anilines is 1. The van der Waals surface area contributed by atoms with Crippen LogP contribution in [0.5, 0.6) is 0 Å². The first-order chi connectivity index (χ1) is 14.0. The molecule has 1 aromatic heterocycles. The summed E-state index contributed by atoms with van der Waals surface area (Å²) in [6.45, 7) is 1.74. The van der Waals surface area contributed by atoms with Crippen LogP contribution in [0.25, 0.3) is 10.9 Å². The summed E-state index contributed by atoms with van der Waals surface area (Å²) in [5, 5.41) is 3.80. The molecular weight excluding hydrogens is 370 g/mol. The summed E-state index contributed by atoms with van der Waals surface area (Å²) in [5.74, 6) is -1.11. The molecule has 150 valence electrons. The lowest BCUT2D eigenvalue weighted by Gasteiger charge is -2.20. The zero-order valence-corrected chi connectivity index (χ0v) is 16.4. The quantitative estimate of drug-likeness (QED) is 0.604. The number of methoxy groups -OCH3 is 1. The molecule has 0 aliphatic rings. The van der Waals surface area contributed by atoms with Crippen LogP contribution < -0.4 is 5.32 Å². The summed E-state index contributed by atoms with van der Waals surface area (Å²) in [6, 6.07) is 14.5. The van der Waals surface area contributed by atoms with Gasteiger partial charge >= 0.3 is 5.97 Å². The Bertz CT molecular complexity index is 1040. The standard InChI is InChI=1S/C22H23N3O4/c1-15(26)25(12-11-16-13-23-19-9-5-3-7-17(16)19)14-21(27)24-20-10-6-4-8-18(20)22(28)29-2/h3-10,13,23H,11-12,14H2,1-2H3,(H,24,27). The average Bonchev–Trinajstić information content (AvgIpc) is 3.14. The average molecular weight is 393 g/mol. The van der Waals surface area contributed by atoms with Crippen molar-refractivity contribution in [3.05, 3.63) is 65.9 Å². The highest BCUT2D eigenvalue weighted by Crippen LogP contribution is 2.19. The minimum Gasteiger partial charge on any atom is -0.465 e. The number of hydrogen-bond donors (Lipinski definition) is 2. The highest BCUT2D eigenvalue weighted by molar-refractivity contribution is 6.02. The van der Waals surface area contributed by atoms with Crippen molar-refractivity contribution in [2.24, 2.45) is 0 Å². The van der Waals surface area contributed by atoms with Gasteiger partial charge in [-0.25, -0.2) is 4.79 Å². The molecule has 29 heavy (non-hydrogen) atoms. The highest BCUT2D eigenvalue weighted by Gasteiger charge is 2.17. The second kappa shape index (κ2) is 9.05. The molecule has 3 aromatic rings. The number of hydrogen-bond acceptors (Lipinski definition) is 4. The summed E-state index contributed by atoms with van der Waals surface area (Å²) in [5.41, 5.74) is 2.73. The van der Waals surface area contributed by atoms with Gasteiger partial charge < -0.3 is 19.9 Å². The third-order valence-corrected chi connectivity index (χ3v) is 4.71. The lowest BCUT2D eigenvalue weighted by molar-refractivity contribution is -0.132. The summed E-state index contributed by atoms with van der Waals surface area (Å²) >= 11 is 0. The van der Waals surface area contributed by atoms with E-state index in [4.69, 9.17) is 4.74 Å². The molecular formula is C22H23N3O4. The molecule has 1 heterocycles. The predicted octanol–water partition coefficient (Wildman–Crippen LogP) is 2.98. The molecule has 2 amide bonds. The van der Waals surface area contributed by atoms with Crippen LogP contribution in [0.1, 0.15) is 22.8 Å². The van der Waals surface area contributed by atoms with Gasteiger partial charge in [0.15, 0.2) is 0 Å². The van der Waals surface area contributed by atoms with E-state index in [0.717, 1.165) is 16.5 Å². The molecule has 0 saturated carbocycles. The second-order valence-corrected chi connectivity index (χ2v) is 6.64. The van der Waals surface area contributed by atoms with Crippen LogP contribution in [-0.2, 0) is 20.7 Å². The minimum absolute atomic E-state index is 0.104. The van der Waals surface area contributed by atoms with E-state index in [-0.39, 0.29) is 23.9 Å². The highest BCUT2D eigenvalue weighted by atomic mass is 16.5. The Balaban J connectivity index is 1.66. The molecule has 0 spiro atoms. The SMILES string of the molecule is COC(=O)c1ccccc1NC(=O)CN(CCc1c[nH]c2ccccc12)C(C)=O. The lowest BCUT2D eigenvalue weighted by Crippen LogP contribution is -2.38. The van der Waals surface area contributed by atoms with Crippen LogP contribution in [0.3, 0.4) is 0 Å². The molecule has 2 aromatic carbocycles.